The van der Waals surface area contributed by atoms with Crippen molar-refractivity contribution in [3.8, 4) is 11.5 Å². The standard InChI is InChI=1S/C44H82N2O3/c1-5-7-9-11-13-15-17-19-21-23-25-27-37-45(3)43-31-29-39-47-40-30-32-44(49-42-35-33-41(48-43)34-36-42)46(4)38-28-26-24-22-20-18-16-14-12-10-8-6-2/h33-36,43-44H,5-32,37-40H2,1-4H3. The second-order valence-corrected chi connectivity index (χ2v) is 15.3. The molecule has 0 aromatic heterocycles. The fraction of sp³-hybridized carbons (Fsp3) is 0.864. The van der Waals surface area contributed by atoms with Crippen LogP contribution in [0.5, 0.6) is 11.5 Å². The van der Waals surface area contributed by atoms with Crippen LogP contribution in [0.2, 0.25) is 0 Å². The van der Waals surface area contributed by atoms with Crippen LogP contribution in [-0.4, -0.2) is 62.7 Å². The average Bonchev–Trinajstić information content (AvgIpc) is 3.12. The Kier molecular flexibility index (Phi) is 28.1. The molecule has 0 spiro atoms. The Labute approximate surface area is 305 Å². The molecule has 0 radical (unpaired) electrons. The molecule has 0 saturated carbocycles. The fourth-order valence-corrected chi connectivity index (χ4v) is 7.16. The van der Waals surface area contributed by atoms with Gasteiger partial charge in [0, 0.05) is 39.1 Å². The van der Waals surface area contributed by atoms with E-state index >= 15 is 0 Å². The van der Waals surface area contributed by atoms with E-state index < -0.39 is 0 Å². The van der Waals surface area contributed by atoms with Crippen molar-refractivity contribution in [2.75, 3.05) is 40.4 Å². The van der Waals surface area contributed by atoms with Crippen LogP contribution < -0.4 is 9.47 Å². The summed E-state index contributed by atoms with van der Waals surface area (Å²) in [6.45, 7) is 8.35. The highest BCUT2D eigenvalue weighted by Gasteiger charge is 2.19. The van der Waals surface area contributed by atoms with E-state index in [2.05, 4.69) is 62.0 Å². The van der Waals surface area contributed by atoms with Gasteiger partial charge in [-0.1, -0.05) is 155 Å². The lowest BCUT2D eigenvalue weighted by molar-refractivity contribution is 0.0199. The van der Waals surface area contributed by atoms with E-state index in [0.29, 0.717) is 0 Å². The number of benzene rings is 1. The molecule has 3 rings (SSSR count). The van der Waals surface area contributed by atoms with E-state index in [-0.39, 0.29) is 12.5 Å². The van der Waals surface area contributed by atoms with Crippen molar-refractivity contribution >= 4 is 0 Å². The van der Waals surface area contributed by atoms with Gasteiger partial charge in [-0.15, -0.1) is 0 Å². The van der Waals surface area contributed by atoms with E-state index in [4.69, 9.17) is 14.2 Å². The van der Waals surface area contributed by atoms with Crippen LogP contribution in [0.1, 0.15) is 194 Å². The summed E-state index contributed by atoms with van der Waals surface area (Å²) in [7, 11) is 4.46. The molecule has 2 heterocycles. The summed E-state index contributed by atoms with van der Waals surface area (Å²) in [6, 6.07) is 8.38. The summed E-state index contributed by atoms with van der Waals surface area (Å²) in [5.41, 5.74) is 0. The molecule has 2 atom stereocenters. The molecule has 1 aromatic carbocycles. The average molecular weight is 687 g/mol. The van der Waals surface area contributed by atoms with Crippen molar-refractivity contribution in [1.82, 2.24) is 9.80 Å². The Bertz CT molecular complexity index is 767. The number of hydrogen-bond acceptors (Lipinski definition) is 5. The number of fused-ring (bicyclic) bond motifs is 12. The fourth-order valence-electron chi connectivity index (χ4n) is 7.16. The molecule has 0 fully saturated rings. The molecule has 2 unspecified atom stereocenters. The lowest BCUT2D eigenvalue weighted by Crippen LogP contribution is -2.37. The van der Waals surface area contributed by atoms with Gasteiger partial charge in [0.25, 0.3) is 0 Å². The molecule has 0 saturated heterocycles. The van der Waals surface area contributed by atoms with Gasteiger partial charge in [0.1, 0.15) is 11.5 Å². The SMILES string of the molecule is CCCCCCCCCCCCCCN(C)C1CCCOCCCC(N(C)CCCCCCCCCCCCCC)Oc2ccc(cc2)O1. The quantitative estimate of drug-likeness (QED) is 0.0820. The van der Waals surface area contributed by atoms with Gasteiger partial charge in [-0.2, -0.15) is 0 Å². The lowest BCUT2D eigenvalue weighted by Gasteiger charge is -2.29. The van der Waals surface area contributed by atoms with Crippen molar-refractivity contribution in [3.05, 3.63) is 24.3 Å². The van der Waals surface area contributed by atoms with E-state index in [1.807, 2.05) is 0 Å². The Balaban J connectivity index is 1.68. The highest BCUT2D eigenvalue weighted by Crippen LogP contribution is 2.24. The maximum absolute atomic E-state index is 6.57. The topological polar surface area (TPSA) is 34.2 Å². The normalized spacial score (nSPS) is 17.6. The Morgan fingerprint density at radius 1 is 0.449 bits per heavy atom. The van der Waals surface area contributed by atoms with E-state index in [1.54, 1.807) is 0 Å². The van der Waals surface area contributed by atoms with Gasteiger partial charge in [0.05, 0.1) is 0 Å². The molecular formula is C44H82N2O3. The van der Waals surface area contributed by atoms with Gasteiger partial charge in [-0.05, 0) is 64.0 Å². The second-order valence-electron chi connectivity index (χ2n) is 15.3. The largest absolute Gasteiger partial charge is 0.475 e. The summed E-state index contributed by atoms with van der Waals surface area (Å²) < 4.78 is 19.2. The zero-order valence-electron chi connectivity index (χ0n) is 33.2. The highest BCUT2D eigenvalue weighted by molar-refractivity contribution is 5.31. The molecule has 49 heavy (non-hydrogen) atoms. The number of nitrogens with zero attached hydrogens (tertiary/aromatic N) is 2. The van der Waals surface area contributed by atoms with Gasteiger partial charge in [-0.25, -0.2) is 0 Å². The first-order valence-corrected chi connectivity index (χ1v) is 21.6. The molecule has 0 amide bonds. The first kappa shape index (κ1) is 43.9. The van der Waals surface area contributed by atoms with Crippen LogP contribution in [0.4, 0.5) is 0 Å². The minimum Gasteiger partial charge on any atom is -0.475 e. The summed E-state index contributed by atoms with van der Waals surface area (Å²) in [5, 5.41) is 0. The molecule has 5 nitrogen and oxygen atoms in total. The molecule has 2 aliphatic rings. The highest BCUT2D eigenvalue weighted by atomic mass is 16.5. The molecule has 0 N–H and O–H groups in total. The van der Waals surface area contributed by atoms with Gasteiger partial charge in [-0.3, -0.25) is 9.80 Å². The van der Waals surface area contributed by atoms with Gasteiger partial charge in [0.2, 0.25) is 0 Å². The molecule has 1 aromatic rings. The number of rotatable bonds is 28. The summed E-state index contributed by atoms with van der Waals surface area (Å²) in [4.78, 5) is 4.83. The molecular weight excluding hydrogens is 604 g/mol. The second kappa shape index (κ2) is 31.4. The van der Waals surface area contributed by atoms with Crippen LogP contribution in [0, 0.1) is 0 Å². The molecule has 2 aliphatic heterocycles. The summed E-state index contributed by atoms with van der Waals surface area (Å²) in [5.74, 6) is 1.85. The van der Waals surface area contributed by atoms with Crippen molar-refractivity contribution in [2.24, 2.45) is 0 Å². The van der Waals surface area contributed by atoms with E-state index in [9.17, 15) is 0 Å². The molecule has 0 aliphatic carbocycles. The van der Waals surface area contributed by atoms with Crippen molar-refractivity contribution < 1.29 is 14.2 Å². The third kappa shape index (κ3) is 23.7. The number of ether oxygens (including phenoxy) is 3. The van der Waals surface area contributed by atoms with Gasteiger partial charge < -0.3 is 14.2 Å². The minimum absolute atomic E-state index is 0.0719. The predicted molar refractivity (Wildman–Crippen MR) is 212 cm³/mol. The van der Waals surface area contributed by atoms with Gasteiger partial charge >= 0.3 is 0 Å². The zero-order valence-corrected chi connectivity index (χ0v) is 33.2. The monoisotopic (exact) mass is 687 g/mol. The third-order valence-electron chi connectivity index (χ3n) is 10.6. The van der Waals surface area contributed by atoms with Crippen molar-refractivity contribution in [3.63, 3.8) is 0 Å². The van der Waals surface area contributed by atoms with E-state index in [0.717, 1.165) is 63.5 Å². The first-order valence-electron chi connectivity index (χ1n) is 21.6. The maximum atomic E-state index is 6.57. The minimum atomic E-state index is 0.0719. The van der Waals surface area contributed by atoms with Crippen LogP contribution in [0.3, 0.4) is 0 Å². The molecule has 286 valence electrons. The van der Waals surface area contributed by atoms with Crippen LogP contribution in [-0.2, 0) is 4.74 Å². The predicted octanol–water partition coefficient (Wildman–Crippen LogP) is 13.0. The van der Waals surface area contributed by atoms with Crippen molar-refractivity contribution in [1.29, 1.82) is 0 Å². The summed E-state index contributed by atoms with van der Waals surface area (Å²) >= 11 is 0. The zero-order chi connectivity index (χ0) is 35.0. The van der Waals surface area contributed by atoms with Gasteiger partial charge in [0.15, 0.2) is 12.5 Å². The van der Waals surface area contributed by atoms with Crippen LogP contribution in [0.25, 0.3) is 0 Å². The first-order chi connectivity index (χ1) is 24.1. The summed E-state index contributed by atoms with van der Waals surface area (Å²) in [6.07, 6.45) is 37.4. The smallest absolute Gasteiger partial charge is 0.152 e. The number of unbranched alkanes of at least 4 members (excludes halogenated alkanes) is 22. The Morgan fingerprint density at radius 2 is 0.735 bits per heavy atom. The lowest BCUT2D eigenvalue weighted by atomic mass is 10.1. The number of hydrogen-bond donors (Lipinski definition) is 0. The van der Waals surface area contributed by atoms with Crippen LogP contribution >= 0.6 is 0 Å². The Hall–Kier alpha value is -1.30. The molecule has 2 bridgehead atoms. The molecule has 5 heteroatoms. The Morgan fingerprint density at radius 3 is 1.04 bits per heavy atom. The maximum Gasteiger partial charge on any atom is 0.152 e. The van der Waals surface area contributed by atoms with Crippen molar-refractivity contribution in [2.45, 2.75) is 206 Å². The van der Waals surface area contributed by atoms with Crippen LogP contribution in [0.15, 0.2) is 24.3 Å². The third-order valence-corrected chi connectivity index (χ3v) is 10.6. The van der Waals surface area contributed by atoms with E-state index in [1.165, 1.54) is 154 Å².